The topological polar surface area (TPSA) is 76.0 Å². The lowest BCUT2D eigenvalue weighted by Crippen LogP contribution is -2.13. The molecule has 16 heavy (non-hydrogen) atoms. The molecular formula is C12H12N2O2. The van der Waals surface area contributed by atoms with E-state index >= 15 is 0 Å². The Morgan fingerprint density at radius 2 is 2.12 bits per heavy atom. The Bertz CT molecular complexity index is 614. The number of hydrogen-bond donors (Lipinski definition) is 2. The van der Waals surface area contributed by atoms with E-state index in [1.807, 2.05) is 6.07 Å². The van der Waals surface area contributed by atoms with Gasteiger partial charge in [-0.05, 0) is 36.1 Å². The highest BCUT2D eigenvalue weighted by atomic mass is 16.1. The fraction of sp³-hybridized carbons (Fsp3) is 0.167. The number of pyridine rings is 1. The van der Waals surface area contributed by atoms with Gasteiger partial charge in [0.1, 0.15) is 0 Å². The summed E-state index contributed by atoms with van der Waals surface area (Å²) in [5.41, 5.74) is 7.31. The van der Waals surface area contributed by atoms with Gasteiger partial charge in [-0.2, -0.15) is 0 Å². The summed E-state index contributed by atoms with van der Waals surface area (Å²) in [6.07, 6.45) is 0.216. The number of primary amides is 1. The second-order valence-corrected chi connectivity index (χ2v) is 3.85. The zero-order valence-corrected chi connectivity index (χ0v) is 8.91. The van der Waals surface area contributed by atoms with Gasteiger partial charge in [-0.25, -0.2) is 0 Å². The van der Waals surface area contributed by atoms with E-state index < -0.39 is 0 Å². The lowest BCUT2D eigenvalue weighted by atomic mass is 10.1. The van der Waals surface area contributed by atoms with Gasteiger partial charge in [-0.15, -0.1) is 0 Å². The van der Waals surface area contributed by atoms with Crippen molar-refractivity contribution in [2.75, 3.05) is 0 Å². The zero-order valence-electron chi connectivity index (χ0n) is 8.91. The van der Waals surface area contributed by atoms with Crippen LogP contribution < -0.4 is 11.3 Å². The number of H-pyrrole nitrogens is 1. The van der Waals surface area contributed by atoms with Gasteiger partial charge in [0.25, 0.3) is 5.56 Å². The average molecular weight is 216 g/mol. The van der Waals surface area contributed by atoms with Crippen molar-refractivity contribution < 1.29 is 4.79 Å². The van der Waals surface area contributed by atoms with Crippen molar-refractivity contribution in [2.24, 2.45) is 5.73 Å². The summed E-state index contributed by atoms with van der Waals surface area (Å²) >= 11 is 0. The van der Waals surface area contributed by atoms with E-state index in [1.165, 1.54) is 0 Å². The van der Waals surface area contributed by atoms with E-state index in [9.17, 15) is 9.59 Å². The molecule has 1 heterocycles. The standard InChI is InChI=1S/C12H12N2O2/c1-7-4-9-5-8(6-11(13)15)2-3-10(9)14-12(7)16/h2-5H,6H2,1H3,(H2,13,15)(H,14,16). The number of aryl methyl sites for hydroxylation is 1. The summed E-state index contributed by atoms with van der Waals surface area (Å²) in [7, 11) is 0. The van der Waals surface area contributed by atoms with Crippen LogP contribution in [0.4, 0.5) is 0 Å². The number of rotatable bonds is 2. The summed E-state index contributed by atoms with van der Waals surface area (Å²) in [4.78, 5) is 24.9. The molecule has 0 unspecified atom stereocenters. The Morgan fingerprint density at radius 1 is 1.38 bits per heavy atom. The van der Waals surface area contributed by atoms with Crippen molar-refractivity contribution in [3.05, 3.63) is 45.7 Å². The molecule has 4 heteroatoms. The predicted octanol–water partition coefficient (Wildman–Crippen LogP) is 0.864. The monoisotopic (exact) mass is 216 g/mol. The number of amides is 1. The minimum Gasteiger partial charge on any atom is -0.369 e. The average Bonchev–Trinajstić information content (AvgIpc) is 2.19. The number of nitrogens with two attached hydrogens (primary N) is 1. The third-order valence-electron chi connectivity index (χ3n) is 2.47. The van der Waals surface area contributed by atoms with E-state index in [0.717, 1.165) is 16.5 Å². The smallest absolute Gasteiger partial charge is 0.251 e. The SMILES string of the molecule is Cc1cc2cc(CC(N)=O)ccc2[nH]c1=O. The van der Waals surface area contributed by atoms with Crippen LogP contribution in [-0.4, -0.2) is 10.9 Å². The van der Waals surface area contributed by atoms with Crippen molar-refractivity contribution in [2.45, 2.75) is 13.3 Å². The highest BCUT2D eigenvalue weighted by molar-refractivity contribution is 5.82. The third-order valence-corrected chi connectivity index (χ3v) is 2.47. The van der Waals surface area contributed by atoms with Gasteiger partial charge in [0.15, 0.2) is 0 Å². The van der Waals surface area contributed by atoms with Crippen molar-refractivity contribution in [3.8, 4) is 0 Å². The number of benzene rings is 1. The van der Waals surface area contributed by atoms with Gasteiger partial charge in [-0.3, -0.25) is 9.59 Å². The molecule has 3 N–H and O–H groups in total. The molecule has 0 aliphatic carbocycles. The molecule has 0 spiro atoms. The van der Waals surface area contributed by atoms with Crippen LogP contribution in [0.5, 0.6) is 0 Å². The first kappa shape index (κ1) is 10.4. The lowest BCUT2D eigenvalue weighted by Gasteiger charge is -2.02. The number of aromatic amines is 1. The molecule has 0 saturated carbocycles. The van der Waals surface area contributed by atoms with Crippen molar-refractivity contribution in [3.63, 3.8) is 0 Å². The molecule has 82 valence electrons. The lowest BCUT2D eigenvalue weighted by molar-refractivity contribution is -0.117. The maximum absolute atomic E-state index is 11.4. The normalized spacial score (nSPS) is 10.6. The first-order valence-corrected chi connectivity index (χ1v) is 4.97. The van der Waals surface area contributed by atoms with Crippen LogP contribution in [-0.2, 0) is 11.2 Å². The van der Waals surface area contributed by atoms with Crippen LogP contribution in [0, 0.1) is 6.92 Å². The van der Waals surface area contributed by atoms with Gasteiger partial charge in [0.05, 0.1) is 6.42 Å². The van der Waals surface area contributed by atoms with Gasteiger partial charge in [-0.1, -0.05) is 6.07 Å². The molecule has 2 rings (SSSR count). The van der Waals surface area contributed by atoms with Crippen LogP contribution in [0.15, 0.2) is 29.1 Å². The second-order valence-electron chi connectivity index (χ2n) is 3.85. The Balaban J connectivity index is 2.57. The molecule has 1 aromatic carbocycles. The largest absolute Gasteiger partial charge is 0.369 e. The Labute approximate surface area is 92.1 Å². The van der Waals surface area contributed by atoms with Crippen LogP contribution in [0.3, 0.4) is 0 Å². The maximum Gasteiger partial charge on any atom is 0.251 e. The molecule has 4 nitrogen and oxygen atoms in total. The second kappa shape index (κ2) is 3.81. The molecule has 2 aromatic rings. The summed E-state index contributed by atoms with van der Waals surface area (Å²) in [5.74, 6) is -0.361. The Kier molecular flexibility index (Phi) is 2.48. The first-order valence-electron chi connectivity index (χ1n) is 4.97. The number of aromatic nitrogens is 1. The van der Waals surface area contributed by atoms with E-state index in [1.54, 1.807) is 25.1 Å². The molecule has 0 aliphatic heterocycles. The summed E-state index contributed by atoms with van der Waals surface area (Å²) in [5, 5.41) is 0.913. The number of carbonyl (C=O) groups excluding carboxylic acids is 1. The van der Waals surface area contributed by atoms with Crippen molar-refractivity contribution >= 4 is 16.8 Å². The molecule has 0 radical (unpaired) electrons. The van der Waals surface area contributed by atoms with E-state index in [-0.39, 0.29) is 17.9 Å². The summed E-state index contributed by atoms with van der Waals surface area (Å²) in [6.45, 7) is 1.75. The minimum absolute atomic E-state index is 0.0878. The minimum atomic E-state index is -0.361. The predicted molar refractivity (Wildman–Crippen MR) is 62.2 cm³/mol. The molecule has 0 atom stereocenters. The first-order chi connectivity index (χ1) is 7.56. The van der Waals surface area contributed by atoms with Gasteiger partial charge in [0.2, 0.25) is 5.91 Å². The summed E-state index contributed by atoms with van der Waals surface area (Å²) < 4.78 is 0. The Hall–Kier alpha value is -2.10. The highest BCUT2D eigenvalue weighted by Gasteiger charge is 2.02. The zero-order chi connectivity index (χ0) is 11.7. The van der Waals surface area contributed by atoms with E-state index in [4.69, 9.17) is 5.73 Å². The molecule has 0 aliphatic rings. The van der Waals surface area contributed by atoms with Gasteiger partial charge < -0.3 is 10.7 Å². The van der Waals surface area contributed by atoms with Crippen LogP contribution in [0.25, 0.3) is 10.9 Å². The fourth-order valence-electron chi connectivity index (χ4n) is 1.68. The molecule has 0 saturated heterocycles. The quantitative estimate of drug-likeness (QED) is 0.781. The van der Waals surface area contributed by atoms with Crippen LogP contribution in [0.2, 0.25) is 0 Å². The van der Waals surface area contributed by atoms with Crippen molar-refractivity contribution in [1.29, 1.82) is 0 Å². The maximum atomic E-state index is 11.4. The highest BCUT2D eigenvalue weighted by Crippen LogP contribution is 2.13. The molecule has 1 aromatic heterocycles. The van der Waals surface area contributed by atoms with Crippen LogP contribution >= 0.6 is 0 Å². The van der Waals surface area contributed by atoms with E-state index in [0.29, 0.717) is 5.56 Å². The fourth-order valence-corrected chi connectivity index (χ4v) is 1.68. The van der Waals surface area contributed by atoms with Gasteiger partial charge >= 0.3 is 0 Å². The van der Waals surface area contributed by atoms with Gasteiger partial charge in [0, 0.05) is 11.1 Å². The molecule has 1 amide bonds. The van der Waals surface area contributed by atoms with E-state index in [2.05, 4.69) is 4.98 Å². The Morgan fingerprint density at radius 3 is 2.81 bits per heavy atom. The number of nitrogens with one attached hydrogen (secondary N) is 1. The molecule has 0 fully saturated rings. The van der Waals surface area contributed by atoms with Crippen molar-refractivity contribution in [1.82, 2.24) is 4.98 Å². The number of hydrogen-bond acceptors (Lipinski definition) is 2. The molecule has 0 bridgehead atoms. The number of carbonyl (C=O) groups is 1. The van der Waals surface area contributed by atoms with Crippen LogP contribution in [0.1, 0.15) is 11.1 Å². The summed E-state index contributed by atoms with van der Waals surface area (Å²) in [6, 6.07) is 7.24. The third kappa shape index (κ3) is 1.95. The molecular weight excluding hydrogens is 204 g/mol. The number of fused-ring (bicyclic) bond motifs is 1.